The molecule has 1 fully saturated rings. The monoisotopic (exact) mass is 546 g/mol. The van der Waals surface area contributed by atoms with Gasteiger partial charge in [-0.25, -0.2) is 4.98 Å². The third-order valence-corrected chi connectivity index (χ3v) is 7.38. The largest absolute Gasteiger partial charge is 0.393 e. The number of hydrogen-bond acceptors (Lipinski definition) is 5. The van der Waals surface area contributed by atoms with Gasteiger partial charge in [0.1, 0.15) is 5.69 Å². The molecule has 1 aliphatic heterocycles. The summed E-state index contributed by atoms with van der Waals surface area (Å²) in [6.45, 7) is 2.81. The van der Waals surface area contributed by atoms with E-state index in [9.17, 15) is 22.8 Å². The Morgan fingerprint density at radius 3 is 2.43 bits per heavy atom. The standard InChI is InChI=1S/C26H25F3N4O2S2/c1-16(34)30-25(36)33-12-10-19(11-13-33)24-32-22(15-37-24)23(35)31-21-5-3-2-4-20(21)18-8-6-17(7-9-18)14-26(27,28)29/h2-9,15,19H,10-14H2,1H3,(H,31,35)(H,30,34,36). The first-order valence-corrected chi connectivity index (χ1v) is 13.0. The number of aromatic nitrogens is 1. The third kappa shape index (κ3) is 7.14. The predicted octanol–water partition coefficient (Wildman–Crippen LogP) is 5.77. The molecule has 0 aliphatic carbocycles. The molecule has 2 heterocycles. The number of likely N-dealkylation sites (tertiary alicyclic amines) is 1. The van der Waals surface area contributed by atoms with Crippen molar-refractivity contribution in [3.05, 3.63) is 70.2 Å². The summed E-state index contributed by atoms with van der Waals surface area (Å²) in [4.78, 5) is 30.8. The second kappa shape index (κ2) is 11.4. The normalized spacial score (nSPS) is 14.3. The molecule has 0 spiro atoms. The maximum Gasteiger partial charge on any atom is 0.393 e. The summed E-state index contributed by atoms with van der Waals surface area (Å²) in [5.41, 5.74) is 2.43. The van der Waals surface area contributed by atoms with E-state index in [1.165, 1.54) is 30.4 Å². The fraction of sp³-hybridized carbons (Fsp3) is 0.308. The first-order valence-electron chi connectivity index (χ1n) is 11.7. The van der Waals surface area contributed by atoms with E-state index in [1.54, 1.807) is 41.8 Å². The second-order valence-corrected chi connectivity index (χ2v) is 10.1. The van der Waals surface area contributed by atoms with Gasteiger partial charge < -0.3 is 15.5 Å². The number of amides is 2. The van der Waals surface area contributed by atoms with Gasteiger partial charge >= 0.3 is 6.18 Å². The molecule has 0 bridgehead atoms. The minimum atomic E-state index is -4.27. The van der Waals surface area contributed by atoms with Gasteiger partial charge in [-0.1, -0.05) is 42.5 Å². The summed E-state index contributed by atoms with van der Waals surface area (Å²) in [6.07, 6.45) is -3.64. The third-order valence-electron chi connectivity index (χ3n) is 6.01. The Hall–Kier alpha value is -3.31. The van der Waals surface area contributed by atoms with Crippen LogP contribution in [-0.2, 0) is 11.2 Å². The quantitative estimate of drug-likeness (QED) is 0.398. The number of rotatable bonds is 5. The summed E-state index contributed by atoms with van der Waals surface area (Å²) in [7, 11) is 0. The Balaban J connectivity index is 1.41. The molecule has 0 saturated carbocycles. The van der Waals surface area contributed by atoms with Crippen LogP contribution >= 0.6 is 23.6 Å². The van der Waals surface area contributed by atoms with Crippen molar-refractivity contribution in [1.29, 1.82) is 0 Å². The zero-order valence-electron chi connectivity index (χ0n) is 20.0. The van der Waals surface area contributed by atoms with Crippen LogP contribution in [0.25, 0.3) is 11.1 Å². The van der Waals surface area contributed by atoms with Crippen LogP contribution in [0.15, 0.2) is 53.9 Å². The van der Waals surface area contributed by atoms with Gasteiger partial charge in [0.05, 0.1) is 11.4 Å². The second-order valence-electron chi connectivity index (χ2n) is 8.81. The van der Waals surface area contributed by atoms with Gasteiger partial charge in [0.15, 0.2) is 5.11 Å². The van der Waals surface area contributed by atoms with Crippen molar-refractivity contribution in [3.63, 3.8) is 0 Å². The number of anilines is 1. The molecule has 2 N–H and O–H groups in total. The Labute approximate surface area is 221 Å². The van der Waals surface area contributed by atoms with Gasteiger partial charge in [0, 0.05) is 42.6 Å². The van der Waals surface area contributed by atoms with E-state index < -0.39 is 12.6 Å². The molecule has 3 aromatic rings. The number of benzene rings is 2. The van der Waals surface area contributed by atoms with E-state index >= 15 is 0 Å². The summed E-state index contributed by atoms with van der Waals surface area (Å²) in [6, 6.07) is 13.3. The minimum absolute atomic E-state index is 0.176. The minimum Gasteiger partial charge on any atom is -0.349 e. The Bertz CT molecular complexity index is 1280. The number of halogens is 3. The highest BCUT2D eigenvalue weighted by molar-refractivity contribution is 7.80. The number of hydrogen-bond donors (Lipinski definition) is 2. The average Bonchev–Trinajstić information content (AvgIpc) is 3.34. The first-order chi connectivity index (χ1) is 17.6. The van der Waals surface area contributed by atoms with E-state index in [1.807, 2.05) is 4.90 Å². The number of piperidine rings is 1. The van der Waals surface area contributed by atoms with Crippen LogP contribution in [-0.4, -0.2) is 46.1 Å². The molecular formula is C26H25F3N4O2S2. The number of para-hydroxylation sites is 1. The van der Waals surface area contributed by atoms with Crippen molar-refractivity contribution in [1.82, 2.24) is 15.2 Å². The maximum absolute atomic E-state index is 13.0. The number of nitrogens with zero attached hydrogens (tertiary/aromatic N) is 2. The van der Waals surface area contributed by atoms with Crippen LogP contribution < -0.4 is 10.6 Å². The number of thiazole rings is 1. The highest BCUT2D eigenvalue weighted by Crippen LogP contribution is 2.32. The molecule has 2 aromatic carbocycles. The molecule has 0 atom stereocenters. The van der Waals surface area contributed by atoms with Crippen molar-refractivity contribution >= 4 is 46.2 Å². The van der Waals surface area contributed by atoms with Gasteiger partial charge in [0.2, 0.25) is 5.91 Å². The average molecular weight is 547 g/mol. The van der Waals surface area contributed by atoms with E-state index in [4.69, 9.17) is 12.2 Å². The fourth-order valence-corrected chi connectivity index (χ4v) is 5.50. The highest BCUT2D eigenvalue weighted by Gasteiger charge is 2.28. The molecule has 4 rings (SSSR count). The van der Waals surface area contributed by atoms with E-state index in [0.717, 1.165) is 17.8 Å². The number of nitrogens with one attached hydrogen (secondary N) is 2. The van der Waals surface area contributed by atoms with Crippen LogP contribution in [0.4, 0.5) is 18.9 Å². The van der Waals surface area contributed by atoms with Gasteiger partial charge in [-0.2, -0.15) is 13.2 Å². The molecule has 6 nitrogen and oxygen atoms in total. The van der Waals surface area contributed by atoms with Crippen molar-refractivity contribution in [3.8, 4) is 11.1 Å². The molecular weight excluding hydrogens is 521 g/mol. The van der Waals surface area contributed by atoms with Gasteiger partial charge in [0.25, 0.3) is 5.91 Å². The zero-order valence-corrected chi connectivity index (χ0v) is 21.6. The molecule has 11 heteroatoms. The van der Waals surface area contributed by atoms with Crippen molar-refractivity contribution in [2.24, 2.45) is 0 Å². The van der Waals surface area contributed by atoms with Crippen molar-refractivity contribution in [2.45, 2.75) is 38.3 Å². The van der Waals surface area contributed by atoms with Crippen molar-refractivity contribution in [2.75, 3.05) is 18.4 Å². The molecule has 37 heavy (non-hydrogen) atoms. The topological polar surface area (TPSA) is 74.3 Å². The molecule has 0 unspecified atom stereocenters. The number of carbonyl (C=O) groups excluding carboxylic acids is 2. The van der Waals surface area contributed by atoms with Crippen molar-refractivity contribution < 1.29 is 22.8 Å². The van der Waals surface area contributed by atoms with Gasteiger partial charge in [-0.3, -0.25) is 9.59 Å². The maximum atomic E-state index is 13.0. The van der Waals surface area contributed by atoms with Crippen LogP contribution in [0, 0.1) is 0 Å². The van der Waals surface area contributed by atoms with Gasteiger partial charge in [-0.15, -0.1) is 11.3 Å². The summed E-state index contributed by atoms with van der Waals surface area (Å²) >= 11 is 6.70. The predicted molar refractivity (Wildman–Crippen MR) is 142 cm³/mol. The lowest BCUT2D eigenvalue weighted by Gasteiger charge is -2.32. The molecule has 2 amide bonds. The Morgan fingerprint density at radius 2 is 1.78 bits per heavy atom. The van der Waals surface area contributed by atoms with Crippen LogP contribution in [0.2, 0.25) is 0 Å². The van der Waals surface area contributed by atoms with Crippen LogP contribution in [0.5, 0.6) is 0 Å². The molecule has 1 aliphatic rings. The molecule has 1 aromatic heterocycles. The molecule has 1 saturated heterocycles. The fourth-order valence-electron chi connectivity index (χ4n) is 4.20. The first kappa shape index (κ1) is 26.7. The number of thiocarbonyl (C=S) groups is 1. The van der Waals surface area contributed by atoms with Crippen LogP contribution in [0.1, 0.15) is 46.7 Å². The molecule has 194 valence electrons. The van der Waals surface area contributed by atoms with E-state index in [-0.39, 0.29) is 23.3 Å². The Morgan fingerprint density at radius 1 is 1.11 bits per heavy atom. The smallest absolute Gasteiger partial charge is 0.349 e. The SMILES string of the molecule is CC(=O)NC(=S)N1CCC(c2nc(C(=O)Nc3ccccc3-c3ccc(CC(F)(F)F)cc3)cs2)CC1. The summed E-state index contributed by atoms with van der Waals surface area (Å²) in [5.74, 6) is -0.346. The highest BCUT2D eigenvalue weighted by atomic mass is 32.1. The van der Waals surface area contributed by atoms with Gasteiger partial charge in [-0.05, 0) is 42.3 Å². The number of alkyl halides is 3. The summed E-state index contributed by atoms with van der Waals surface area (Å²) in [5, 5.41) is 8.58. The lowest BCUT2D eigenvalue weighted by atomic mass is 9.98. The molecule has 0 radical (unpaired) electrons. The Kier molecular flexibility index (Phi) is 8.23. The zero-order chi connectivity index (χ0) is 26.6. The lowest BCUT2D eigenvalue weighted by Crippen LogP contribution is -2.45. The van der Waals surface area contributed by atoms with E-state index in [0.29, 0.717) is 40.7 Å². The summed E-state index contributed by atoms with van der Waals surface area (Å²) < 4.78 is 38.0. The lowest BCUT2D eigenvalue weighted by molar-refractivity contribution is -0.127. The number of carbonyl (C=O) groups is 2. The van der Waals surface area contributed by atoms with E-state index in [2.05, 4.69) is 15.6 Å². The van der Waals surface area contributed by atoms with Crippen LogP contribution in [0.3, 0.4) is 0 Å².